The van der Waals surface area contributed by atoms with Crippen LogP contribution < -0.4 is 0 Å². The maximum atomic E-state index is 3.89. The van der Waals surface area contributed by atoms with Gasteiger partial charge in [0.2, 0.25) is 0 Å². The van der Waals surface area contributed by atoms with Crippen LogP contribution in [-0.2, 0) is 0 Å². The predicted octanol–water partition coefficient (Wildman–Crippen LogP) is 2.84. The quantitative estimate of drug-likeness (QED) is 0.791. The Morgan fingerprint density at radius 1 is 1.25 bits per heavy atom. The molecule has 0 unspecified atom stereocenters. The SMILES string of the molecule is Brc1ccccc1-c1cn[nH]c1. The van der Waals surface area contributed by atoms with Gasteiger partial charge in [0.25, 0.3) is 0 Å². The molecule has 0 spiro atoms. The first kappa shape index (κ1) is 7.55. The zero-order valence-corrected chi connectivity index (χ0v) is 7.88. The summed E-state index contributed by atoms with van der Waals surface area (Å²) in [6.45, 7) is 0. The number of nitrogens with zero attached hydrogens (tertiary/aromatic N) is 1. The van der Waals surface area contributed by atoms with Crippen LogP contribution in [-0.4, -0.2) is 10.2 Å². The number of halogens is 1. The zero-order chi connectivity index (χ0) is 8.39. The van der Waals surface area contributed by atoms with Gasteiger partial charge in [-0.1, -0.05) is 34.1 Å². The smallest absolute Gasteiger partial charge is 0.0566 e. The summed E-state index contributed by atoms with van der Waals surface area (Å²) in [4.78, 5) is 0. The molecule has 0 amide bonds. The Morgan fingerprint density at radius 2 is 2.08 bits per heavy atom. The van der Waals surface area contributed by atoms with Crippen LogP contribution in [0.1, 0.15) is 0 Å². The summed E-state index contributed by atoms with van der Waals surface area (Å²) in [6.07, 6.45) is 3.68. The van der Waals surface area contributed by atoms with Crippen molar-refractivity contribution in [2.24, 2.45) is 0 Å². The Hall–Kier alpha value is -1.09. The van der Waals surface area contributed by atoms with Crippen molar-refractivity contribution in [1.82, 2.24) is 10.2 Å². The molecule has 2 nitrogen and oxygen atoms in total. The van der Waals surface area contributed by atoms with Crippen molar-refractivity contribution in [1.29, 1.82) is 0 Å². The van der Waals surface area contributed by atoms with Crippen molar-refractivity contribution < 1.29 is 0 Å². The third-order valence-corrected chi connectivity index (χ3v) is 2.37. The first-order valence-corrected chi connectivity index (χ1v) is 4.41. The first-order valence-electron chi connectivity index (χ1n) is 3.61. The largest absolute Gasteiger partial charge is 0.285 e. The standard InChI is InChI=1S/C9H7BrN2/c10-9-4-2-1-3-8(9)7-5-11-12-6-7/h1-6H,(H,11,12). The van der Waals surface area contributed by atoms with Gasteiger partial charge in [-0.05, 0) is 11.6 Å². The lowest BCUT2D eigenvalue weighted by Crippen LogP contribution is -1.74. The Morgan fingerprint density at radius 3 is 2.75 bits per heavy atom. The van der Waals surface area contributed by atoms with E-state index < -0.39 is 0 Å². The number of nitrogens with one attached hydrogen (secondary N) is 1. The molecule has 0 atom stereocenters. The lowest BCUT2D eigenvalue weighted by atomic mass is 10.1. The van der Waals surface area contributed by atoms with Crippen LogP contribution in [0.3, 0.4) is 0 Å². The number of aromatic amines is 1. The molecular weight excluding hydrogens is 216 g/mol. The molecular formula is C9H7BrN2. The fourth-order valence-electron chi connectivity index (χ4n) is 1.09. The molecule has 0 bridgehead atoms. The van der Waals surface area contributed by atoms with Crippen molar-refractivity contribution in [2.75, 3.05) is 0 Å². The molecule has 0 aliphatic carbocycles. The molecule has 2 aromatic rings. The van der Waals surface area contributed by atoms with E-state index in [0.29, 0.717) is 0 Å². The lowest BCUT2D eigenvalue weighted by Gasteiger charge is -1.98. The van der Waals surface area contributed by atoms with E-state index in [1.54, 1.807) is 6.20 Å². The highest BCUT2D eigenvalue weighted by Gasteiger charge is 2.01. The van der Waals surface area contributed by atoms with Crippen LogP contribution in [0.5, 0.6) is 0 Å². The molecule has 0 radical (unpaired) electrons. The molecule has 1 aromatic carbocycles. The van der Waals surface area contributed by atoms with Gasteiger partial charge in [-0.2, -0.15) is 5.10 Å². The molecule has 1 aromatic heterocycles. The van der Waals surface area contributed by atoms with E-state index in [1.165, 1.54) is 0 Å². The first-order chi connectivity index (χ1) is 5.88. The number of rotatable bonds is 1. The van der Waals surface area contributed by atoms with Gasteiger partial charge in [-0.15, -0.1) is 0 Å². The zero-order valence-electron chi connectivity index (χ0n) is 6.29. The number of hydrogen-bond donors (Lipinski definition) is 1. The van der Waals surface area contributed by atoms with E-state index in [4.69, 9.17) is 0 Å². The summed E-state index contributed by atoms with van der Waals surface area (Å²) in [7, 11) is 0. The summed E-state index contributed by atoms with van der Waals surface area (Å²) in [5.74, 6) is 0. The average Bonchev–Trinajstić information content (AvgIpc) is 2.57. The van der Waals surface area contributed by atoms with E-state index in [0.717, 1.165) is 15.6 Å². The van der Waals surface area contributed by atoms with E-state index in [9.17, 15) is 0 Å². The summed E-state index contributed by atoms with van der Waals surface area (Å²) in [5.41, 5.74) is 2.26. The van der Waals surface area contributed by atoms with Crippen molar-refractivity contribution in [3.05, 3.63) is 41.1 Å². The highest BCUT2D eigenvalue weighted by Crippen LogP contribution is 2.26. The molecule has 0 fully saturated rings. The molecule has 1 N–H and O–H groups in total. The topological polar surface area (TPSA) is 28.7 Å². The molecule has 0 aliphatic rings. The van der Waals surface area contributed by atoms with E-state index in [2.05, 4.69) is 32.2 Å². The van der Waals surface area contributed by atoms with Crippen LogP contribution in [0.2, 0.25) is 0 Å². The molecule has 0 aliphatic heterocycles. The van der Waals surface area contributed by atoms with Crippen LogP contribution in [0.25, 0.3) is 11.1 Å². The summed E-state index contributed by atoms with van der Waals surface area (Å²) >= 11 is 3.48. The van der Waals surface area contributed by atoms with Gasteiger partial charge < -0.3 is 0 Å². The van der Waals surface area contributed by atoms with Gasteiger partial charge in [-0.25, -0.2) is 0 Å². The fraction of sp³-hybridized carbons (Fsp3) is 0. The number of benzene rings is 1. The van der Waals surface area contributed by atoms with Gasteiger partial charge in [0.1, 0.15) is 0 Å². The van der Waals surface area contributed by atoms with Crippen molar-refractivity contribution in [3.63, 3.8) is 0 Å². The summed E-state index contributed by atoms with van der Waals surface area (Å²) < 4.78 is 1.09. The molecule has 12 heavy (non-hydrogen) atoms. The van der Waals surface area contributed by atoms with Gasteiger partial charge in [0, 0.05) is 16.2 Å². The minimum absolute atomic E-state index is 1.09. The molecule has 60 valence electrons. The highest BCUT2D eigenvalue weighted by atomic mass is 79.9. The van der Waals surface area contributed by atoms with Gasteiger partial charge >= 0.3 is 0 Å². The van der Waals surface area contributed by atoms with Gasteiger partial charge in [0.05, 0.1) is 6.20 Å². The van der Waals surface area contributed by atoms with Gasteiger partial charge in [-0.3, -0.25) is 5.10 Å². The lowest BCUT2D eigenvalue weighted by molar-refractivity contribution is 1.09. The molecule has 0 saturated heterocycles. The van der Waals surface area contributed by atoms with E-state index in [1.807, 2.05) is 24.4 Å². The molecule has 1 heterocycles. The van der Waals surface area contributed by atoms with Crippen LogP contribution >= 0.6 is 15.9 Å². The normalized spacial score (nSPS) is 10.1. The highest BCUT2D eigenvalue weighted by molar-refractivity contribution is 9.10. The molecule has 3 heteroatoms. The minimum Gasteiger partial charge on any atom is -0.285 e. The summed E-state index contributed by atoms with van der Waals surface area (Å²) in [6, 6.07) is 8.07. The predicted molar refractivity (Wildman–Crippen MR) is 51.7 cm³/mol. The third-order valence-electron chi connectivity index (χ3n) is 1.68. The maximum absolute atomic E-state index is 3.89. The molecule has 0 saturated carbocycles. The van der Waals surface area contributed by atoms with Crippen LogP contribution in [0, 0.1) is 0 Å². The van der Waals surface area contributed by atoms with Crippen molar-refractivity contribution in [2.45, 2.75) is 0 Å². The van der Waals surface area contributed by atoms with Gasteiger partial charge in [0.15, 0.2) is 0 Å². The van der Waals surface area contributed by atoms with E-state index >= 15 is 0 Å². The summed E-state index contributed by atoms with van der Waals surface area (Å²) in [5, 5.41) is 6.68. The Bertz CT molecular complexity index is 368. The second-order valence-corrected chi connectivity index (χ2v) is 3.32. The Kier molecular flexibility index (Phi) is 1.96. The maximum Gasteiger partial charge on any atom is 0.0566 e. The average molecular weight is 223 g/mol. The van der Waals surface area contributed by atoms with Crippen molar-refractivity contribution in [3.8, 4) is 11.1 Å². The third kappa shape index (κ3) is 1.28. The minimum atomic E-state index is 1.09. The van der Waals surface area contributed by atoms with Crippen LogP contribution in [0.15, 0.2) is 41.1 Å². The van der Waals surface area contributed by atoms with Crippen molar-refractivity contribution >= 4 is 15.9 Å². The van der Waals surface area contributed by atoms with E-state index in [-0.39, 0.29) is 0 Å². The second-order valence-electron chi connectivity index (χ2n) is 2.47. The monoisotopic (exact) mass is 222 g/mol. The number of hydrogen-bond acceptors (Lipinski definition) is 1. The second kappa shape index (κ2) is 3.11. The number of H-pyrrole nitrogens is 1. The fourth-order valence-corrected chi connectivity index (χ4v) is 1.61. The number of aromatic nitrogens is 2. The Balaban J connectivity index is 2.55. The molecule has 2 rings (SSSR count). The van der Waals surface area contributed by atoms with Crippen LogP contribution in [0.4, 0.5) is 0 Å². The Labute approximate surface area is 78.8 Å².